The van der Waals surface area contributed by atoms with Gasteiger partial charge in [-0.3, -0.25) is 14.7 Å². The molecule has 0 saturated carbocycles. The highest BCUT2D eigenvalue weighted by Gasteiger charge is 2.26. The molecule has 144 valence electrons. The molecule has 2 saturated heterocycles. The van der Waals surface area contributed by atoms with Crippen molar-refractivity contribution < 1.29 is 0 Å². The zero-order valence-electron chi connectivity index (χ0n) is 15.7. The molecule has 4 rings (SSSR count). The summed E-state index contributed by atoms with van der Waals surface area (Å²) >= 11 is 0. The summed E-state index contributed by atoms with van der Waals surface area (Å²) in [4.78, 5) is 27.9. The van der Waals surface area contributed by atoms with Crippen LogP contribution in [0.4, 0.5) is 5.82 Å². The maximum Gasteiger partial charge on any atom is 0.290 e. The third kappa shape index (κ3) is 4.73. The topological polar surface area (TPSA) is 77.2 Å². The van der Waals surface area contributed by atoms with Crippen molar-refractivity contribution in [2.45, 2.75) is 44.3 Å². The molecule has 27 heavy (non-hydrogen) atoms. The molecule has 0 radical (unpaired) electrons. The van der Waals surface area contributed by atoms with E-state index in [9.17, 15) is 4.79 Å². The van der Waals surface area contributed by atoms with Gasteiger partial charge in [0.25, 0.3) is 5.56 Å². The van der Waals surface area contributed by atoms with Gasteiger partial charge in [0, 0.05) is 56.5 Å². The van der Waals surface area contributed by atoms with Crippen molar-refractivity contribution in [1.82, 2.24) is 25.2 Å². The molecule has 4 heterocycles. The average molecular weight is 368 g/mol. The van der Waals surface area contributed by atoms with Crippen LogP contribution in [0.1, 0.15) is 31.2 Å². The molecule has 2 aliphatic heterocycles. The minimum absolute atomic E-state index is 0.0955. The molecule has 0 amide bonds. The summed E-state index contributed by atoms with van der Waals surface area (Å²) in [7, 11) is 0. The number of nitrogens with one attached hydrogen (secondary N) is 2. The van der Waals surface area contributed by atoms with E-state index in [4.69, 9.17) is 0 Å². The van der Waals surface area contributed by atoms with E-state index in [2.05, 4.69) is 36.1 Å². The summed E-state index contributed by atoms with van der Waals surface area (Å²) in [6.07, 6.45) is 11.6. The third-order valence-corrected chi connectivity index (χ3v) is 5.60. The number of aromatic amines is 1. The van der Waals surface area contributed by atoms with Crippen LogP contribution in [0.3, 0.4) is 0 Å². The van der Waals surface area contributed by atoms with Crippen molar-refractivity contribution in [1.29, 1.82) is 0 Å². The van der Waals surface area contributed by atoms with E-state index in [0.29, 0.717) is 17.9 Å². The molecule has 7 nitrogen and oxygen atoms in total. The zero-order chi connectivity index (χ0) is 18.5. The third-order valence-electron chi connectivity index (χ3n) is 5.60. The molecule has 2 aromatic heterocycles. The lowest BCUT2D eigenvalue weighted by Gasteiger charge is -2.38. The molecule has 1 atom stereocenters. The van der Waals surface area contributed by atoms with Gasteiger partial charge in [-0.15, -0.1) is 0 Å². The number of rotatable bonds is 5. The first-order chi connectivity index (χ1) is 13.3. The fourth-order valence-electron chi connectivity index (χ4n) is 4.22. The van der Waals surface area contributed by atoms with Gasteiger partial charge in [0.1, 0.15) is 0 Å². The normalized spacial score (nSPS) is 22.1. The molecular formula is C20H28N6O. The van der Waals surface area contributed by atoms with Crippen LogP contribution in [0.5, 0.6) is 0 Å². The fraction of sp³-hybridized carbons (Fsp3) is 0.550. The van der Waals surface area contributed by atoms with Crippen LogP contribution in [0.15, 0.2) is 41.7 Å². The number of piperidine rings is 2. The summed E-state index contributed by atoms with van der Waals surface area (Å²) in [6.45, 7) is 4.98. The predicted molar refractivity (Wildman–Crippen MR) is 106 cm³/mol. The van der Waals surface area contributed by atoms with Crippen LogP contribution >= 0.6 is 0 Å². The van der Waals surface area contributed by atoms with Crippen LogP contribution in [0, 0.1) is 0 Å². The van der Waals surface area contributed by atoms with Crippen molar-refractivity contribution in [2.75, 3.05) is 31.1 Å². The molecule has 0 aliphatic carbocycles. The number of nitrogens with zero attached hydrogens (tertiary/aromatic N) is 4. The van der Waals surface area contributed by atoms with E-state index < -0.39 is 0 Å². The zero-order valence-corrected chi connectivity index (χ0v) is 15.7. The number of hydrogen-bond acceptors (Lipinski definition) is 6. The molecular weight excluding hydrogens is 340 g/mol. The van der Waals surface area contributed by atoms with Gasteiger partial charge >= 0.3 is 0 Å². The maximum atomic E-state index is 12.0. The van der Waals surface area contributed by atoms with Gasteiger partial charge in [0.15, 0.2) is 5.82 Å². The van der Waals surface area contributed by atoms with Gasteiger partial charge in [0.05, 0.1) is 0 Å². The number of likely N-dealkylation sites (tertiary alicyclic amines) is 1. The lowest BCUT2D eigenvalue weighted by Crippen LogP contribution is -2.52. The highest BCUT2D eigenvalue weighted by atomic mass is 16.1. The smallest absolute Gasteiger partial charge is 0.290 e. The van der Waals surface area contributed by atoms with E-state index in [1.807, 2.05) is 18.5 Å². The standard InChI is InChI=1S/C20H28N6O/c27-20-19(22-8-9-23-20)26-10-2-4-18(15-26)24-17-5-11-25(12-6-17)14-16-3-1-7-21-13-16/h1,3,7-9,13,17-18,24H,2,4-6,10-12,14-15H2,(H,23,27). The number of H-pyrrole nitrogens is 1. The van der Waals surface area contributed by atoms with E-state index in [1.54, 1.807) is 12.4 Å². The fourth-order valence-corrected chi connectivity index (χ4v) is 4.22. The molecule has 0 spiro atoms. The van der Waals surface area contributed by atoms with E-state index in [0.717, 1.165) is 45.6 Å². The Morgan fingerprint density at radius 1 is 1.15 bits per heavy atom. The lowest BCUT2D eigenvalue weighted by molar-refractivity contribution is 0.181. The van der Waals surface area contributed by atoms with Crippen molar-refractivity contribution in [3.63, 3.8) is 0 Å². The number of pyridine rings is 1. The Bertz CT molecular complexity index is 771. The quantitative estimate of drug-likeness (QED) is 0.831. The Balaban J connectivity index is 1.26. The Hall–Kier alpha value is -2.25. The summed E-state index contributed by atoms with van der Waals surface area (Å²) < 4.78 is 0. The Kier molecular flexibility index (Phi) is 5.79. The number of anilines is 1. The van der Waals surface area contributed by atoms with E-state index >= 15 is 0 Å². The predicted octanol–water partition coefficient (Wildman–Crippen LogP) is 1.39. The summed E-state index contributed by atoms with van der Waals surface area (Å²) in [5.41, 5.74) is 1.19. The van der Waals surface area contributed by atoms with E-state index in [1.165, 1.54) is 18.4 Å². The van der Waals surface area contributed by atoms with Gasteiger partial charge in [-0.05, 0) is 50.4 Å². The van der Waals surface area contributed by atoms with Gasteiger partial charge in [0.2, 0.25) is 0 Å². The molecule has 0 aromatic carbocycles. The first kappa shape index (κ1) is 18.1. The second kappa shape index (κ2) is 8.63. The number of hydrogen-bond donors (Lipinski definition) is 2. The number of aromatic nitrogens is 3. The van der Waals surface area contributed by atoms with Crippen molar-refractivity contribution >= 4 is 5.82 Å². The van der Waals surface area contributed by atoms with E-state index in [-0.39, 0.29) is 5.56 Å². The SMILES string of the molecule is O=c1[nH]ccnc1N1CCCC(NC2CCN(Cc3cccnc3)CC2)C1. The second-order valence-electron chi connectivity index (χ2n) is 7.61. The van der Waals surface area contributed by atoms with Crippen LogP contribution in [0.25, 0.3) is 0 Å². The lowest BCUT2D eigenvalue weighted by atomic mass is 10.00. The van der Waals surface area contributed by atoms with Gasteiger partial charge in [-0.2, -0.15) is 0 Å². The minimum atomic E-state index is -0.0955. The Labute approximate surface area is 159 Å². The Morgan fingerprint density at radius 2 is 2.04 bits per heavy atom. The molecule has 2 aliphatic rings. The molecule has 7 heteroatoms. The van der Waals surface area contributed by atoms with Crippen LogP contribution < -0.4 is 15.8 Å². The molecule has 2 N–H and O–H groups in total. The average Bonchev–Trinajstić information content (AvgIpc) is 2.71. The second-order valence-corrected chi connectivity index (χ2v) is 7.61. The van der Waals surface area contributed by atoms with Gasteiger partial charge in [-0.1, -0.05) is 6.07 Å². The van der Waals surface area contributed by atoms with Crippen LogP contribution in [-0.2, 0) is 6.54 Å². The highest BCUT2D eigenvalue weighted by molar-refractivity contribution is 5.36. The summed E-state index contributed by atoms with van der Waals surface area (Å²) in [5, 5.41) is 3.84. The Morgan fingerprint density at radius 3 is 2.81 bits per heavy atom. The first-order valence-electron chi connectivity index (χ1n) is 9.94. The van der Waals surface area contributed by atoms with Crippen LogP contribution in [0.2, 0.25) is 0 Å². The van der Waals surface area contributed by atoms with Crippen molar-refractivity contribution in [2.24, 2.45) is 0 Å². The molecule has 2 aromatic rings. The minimum Gasteiger partial charge on any atom is -0.350 e. The van der Waals surface area contributed by atoms with Gasteiger partial charge in [-0.25, -0.2) is 4.98 Å². The summed E-state index contributed by atoms with van der Waals surface area (Å²) in [5.74, 6) is 0.551. The first-order valence-corrected chi connectivity index (χ1v) is 9.94. The summed E-state index contributed by atoms with van der Waals surface area (Å²) in [6, 6.07) is 5.13. The monoisotopic (exact) mass is 368 g/mol. The van der Waals surface area contributed by atoms with Crippen molar-refractivity contribution in [3.8, 4) is 0 Å². The highest BCUT2D eigenvalue weighted by Crippen LogP contribution is 2.18. The molecule has 1 unspecified atom stereocenters. The molecule has 2 fully saturated rings. The van der Waals surface area contributed by atoms with Gasteiger partial charge < -0.3 is 15.2 Å². The van der Waals surface area contributed by atoms with Crippen LogP contribution in [-0.4, -0.2) is 58.1 Å². The molecule has 0 bridgehead atoms. The maximum absolute atomic E-state index is 12.0. The largest absolute Gasteiger partial charge is 0.350 e. The van der Waals surface area contributed by atoms with Crippen molar-refractivity contribution in [3.05, 3.63) is 52.8 Å².